The number of fused-ring (bicyclic) bond motifs is 4. The van der Waals surface area contributed by atoms with Crippen LogP contribution in [-0.4, -0.2) is 25.4 Å². The van der Waals surface area contributed by atoms with Gasteiger partial charge in [-0.05, 0) is 24.3 Å². The lowest BCUT2D eigenvalue weighted by Crippen LogP contribution is -2.24. The summed E-state index contributed by atoms with van der Waals surface area (Å²) >= 11 is 0. The fraction of sp³-hybridized carbons (Fsp3) is 0.158. The summed E-state index contributed by atoms with van der Waals surface area (Å²) in [5, 5.41) is 4.96. The van der Waals surface area contributed by atoms with E-state index < -0.39 is 0 Å². The Kier molecular flexibility index (Phi) is 3.03. The Bertz CT molecular complexity index is 1100. The molecule has 25 heavy (non-hydrogen) atoms. The molecule has 0 saturated carbocycles. The van der Waals surface area contributed by atoms with E-state index in [1.54, 1.807) is 18.6 Å². The first-order valence-corrected chi connectivity index (χ1v) is 8.23. The molecule has 1 aromatic carbocycles. The van der Waals surface area contributed by atoms with Crippen molar-refractivity contribution in [3.63, 3.8) is 0 Å². The summed E-state index contributed by atoms with van der Waals surface area (Å²) < 4.78 is 2.04. The van der Waals surface area contributed by atoms with E-state index in [2.05, 4.69) is 20.3 Å². The number of rotatable bonds is 2. The van der Waals surface area contributed by atoms with Crippen molar-refractivity contribution in [2.24, 2.45) is 5.92 Å². The highest BCUT2D eigenvalue weighted by molar-refractivity contribution is 6.12. The molecule has 4 aromatic rings. The van der Waals surface area contributed by atoms with Crippen LogP contribution in [0, 0.1) is 5.92 Å². The summed E-state index contributed by atoms with van der Waals surface area (Å²) in [5.41, 5.74) is 2.42. The van der Waals surface area contributed by atoms with Crippen LogP contribution in [0.5, 0.6) is 0 Å². The highest BCUT2D eigenvalue weighted by atomic mass is 16.1. The molecular formula is C19H15N5O. The first-order chi connectivity index (χ1) is 12.3. The summed E-state index contributed by atoms with van der Waals surface area (Å²) in [5.74, 6) is 0.883. The first kappa shape index (κ1) is 14.1. The molecule has 1 aliphatic rings. The number of amides is 1. The standard InChI is InChI=1S/C19H15N5O/c25-19(13-10-16-20-7-8-24(16)11-13)23-15-9-12-3-1-5-21-17(12)18-14(15)4-2-6-22-18/h1-9,13H,10-11H2,(H,23,25). The monoisotopic (exact) mass is 329 g/mol. The minimum Gasteiger partial charge on any atom is -0.334 e. The molecule has 0 radical (unpaired) electrons. The molecule has 5 rings (SSSR count). The maximum Gasteiger partial charge on any atom is 0.229 e. The molecule has 0 bridgehead atoms. The number of anilines is 1. The van der Waals surface area contributed by atoms with E-state index in [9.17, 15) is 4.79 Å². The fourth-order valence-corrected chi connectivity index (χ4v) is 3.51. The largest absolute Gasteiger partial charge is 0.334 e. The van der Waals surface area contributed by atoms with Crippen LogP contribution in [0.15, 0.2) is 55.1 Å². The van der Waals surface area contributed by atoms with Gasteiger partial charge in [-0.15, -0.1) is 0 Å². The van der Waals surface area contributed by atoms with Crippen molar-refractivity contribution in [2.45, 2.75) is 13.0 Å². The van der Waals surface area contributed by atoms with E-state index in [-0.39, 0.29) is 11.8 Å². The molecule has 0 fully saturated rings. The van der Waals surface area contributed by atoms with Crippen LogP contribution in [-0.2, 0) is 17.8 Å². The second kappa shape index (κ2) is 5.37. The molecule has 6 heteroatoms. The van der Waals surface area contributed by atoms with Crippen LogP contribution in [0.3, 0.4) is 0 Å². The van der Waals surface area contributed by atoms with Gasteiger partial charge in [0.05, 0.1) is 22.6 Å². The summed E-state index contributed by atoms with van der Waals surface area (Å²) in [6, 6.07) is 9.68. The number of hydrogen-bond donors (Lipinski definition) is 1. The molecule has 1 atom stereocenters. The zero-order valence-electron chi connectivity index (χ0n) is 13.4. The fourth-order valence-electron chi connectivity index (χ4n) is 3.51. The predicted molar refractivity (Wildman–Crippen MR) is 95.1 cm³/mol. The lowest BCUT2D eigenvalue weighted by molar-refractivity contribution is -0.119. The molecule has 0 aliphatic carbocycles. The predicted octanol–water partition coefficient (Wildman–Crippen LogP) is 2.79. The van der Waals surface area contributed by atoms with Gasteiger partial charge < -0.3 is 9.88 Å². The van der Waals surface area contributed by atoms with Crippen molar-refractivity contribution in [1.82, 2.24) is 19.5 Å². The molecule has 1 aliphatic heterocycles. The maximum absolute atomic E-state index is 12.8. The number of carbonyl (C=O) groups excluding carboxylic acids is 1. The topological polar surface area (TPSA) is 72.7 Å². The van der Waals surface area contributed by atoms with Gasteiger partial charge in [-0.3, -0.25) is 14.8 Å². The number of aromatic nitrogens is 4. The summed E-state index contributed by atoms with van der Waals surface area (Å²) in [6.07, 6.45) is 7.87. The third-order valence-electron chi connectivity index (χ3n) is 4.74. The maximum atomic E-state index is 12.8. The molecule has 122 valence electrons. The molecule has 1 amide bonds. The molecule has 3 aromatic heterocycles. The van der Waals surface area contributed by atoms with Crippen LogP contribution in [0.1, 0.15) is 5.82 Å². The highest BCUT2D eigenvalue weighted by Crippen LogP contribution is 2.30. The van der Waals surface area contributed by atoms with Crippen LogP contribution in [0.25, 0.3) is 21.8 Å². The quantitative estimate of drug-likeness (QED) is 0.574. The number of benzene rings is 1. The molecule has 0 spiro atoms. The van der Waals surface area contributed by atoms with Crippen molar-refractivity contribution < 1.29 is 4.79 Å². The van der Waals surface area contributed by atoms with Gasteiger partial charge in [-0.1, -0.05) is 6.07 Å². The second-order valence-electron chi connectivity index (χ2n) is 6.28. The first-order valence-electron chi connectivity index (χ1n) is 8.23. The summed E-state index contributed by atoms with van der Waals surface area (Å²) in [6.45, 7) is 0.673. The summed E-state index contributed by atoms with van der Waals surface area (Å²) in [4.78, 5) is 26.0. The highest BCUT2D eigenvalue weighted by Gasteiger charge is 2.28. The average molecular weight is 329 g/mol. The van der Waals surface area contributed by atoms with Crippen molar-refractivity contribution in [3.05, 3.63) is 60.9 Å². The molecule has 1 unspecified atom stereocenters. The Balaban J connectivity index is 1.54. The van der Waals surface area contributed by atoms with Gasteiger partial charge in [0.1, 0.15) is 5.82 Å². The second-order valence-corrected chi connectivity index (χ2v) is 6.28. The lowest BCUT2D eigenvalue weighted by atomic mass is 10.1. The van der Waals surface area contributed by atoms with Gasteiger partial charge in [0.15, 0.2) is 0 Å². The smallest absolute Gasteiger partial charge is 0.229 e. The Morgan fingerprint density at radius 1 is 1.08 bits per heavy atom. The van der Waals surface area contributed by atoms with Gasteiger partial charge >= 0.3 is 0 Å². The van der Waals surface area contributed by atoms with Gasteiger partial charge in [-0.2, -0.15) is 0 Å². The molecule has 4 heterocycles. The summed E-state index contributed by atoms with van der Waals surface area (Å²) in [7, 11) is 0. The van der Waals surface area contributed by atoms with Crippen LogP contribution in [0.2, 0.25) is 0 Å². The van der Waals surface area contributed by atoms with E-state index in [1.807, 2.05) is 41.1 Å². The Hall–Kier alpha value is -3.28. The van der Waals surface area contributed by atoms with Gasteiger partial charge in [0, 0.05) is 48.5 Å². The van der Waals surface area contributed by atoms with Crippen LogP contribution in [0.4, 0.5) is 5.69 Å². The number of nitrogens with zero attached hydrogens (tertiary/aromatic N) is 4. The Morgan fingerprint density at radius 3 is 2.80 bits per heavy atom. The van der Waals surface area contributed by atoms with Gasteiger partial charge in [-0.25, -0.2) is 4.98 Å². The van der Waals surface area contributed by atoms with E-state index in [0.717, 1.165) is 33.3 Å². The third kappa shape index (κ3) is 2.26. The Labute approximate surface area is 143 Å². The molecule has 1 N–H and O–H groups in total. The van der Waals surface area contributed by atoms with Crippen molar-refractivity contribution in [1.29, 1.82) is 0 Å². The zero-order chi connectivity index (χ0) is 16.8. The number of hydrogen-bond acceptors (Lipinski definition) is 4. The van der Waals surface area contributed by atoms with Crippen molar-refractivity contribution in [2.75, 3.05) is 5.32 Å². The zero-order valence-corrected chi connectivity index (χ0v) is 13.4. The number of carbonyl (C=O) groups is 1. The molecule has 0 saturated heterocycles. The number of imidazole rings is 1. The van der Waals surface area contributed by atoms with Crippen LogP contribution >= 0.6 is 0 Å². The SMILES string of the molecule is O=C(Nc1cc2cccnc2c2ncccc12)C1Cc2nccn2C1. The van der Waals surface area contributed by atoms with Crippen LogP contribution < -0.4 is 5.32 Å². The van der Waals surface area contributed by atoms with Crippen molar-refractivity contribution in [3.8, 4) is 0 Å². The lowest BCUT2D eigenvalue weighted by Gasteiger charge is -2.13. The number of pyridine rings is 2. The van der Waals surface area contributed by atoms with Gasteiger partial charge in [0.2, 0.25) is 5.91 Å². The van der Waals surface area contributed by atoms with E-state index in [4.69, 9.17) is 0 Å². The van der Waals surface area contributed by atoms with Gasteiger partial charge in [0.25, 0.3) is 0 Å². The minimum atomic E-state index is -0.0972. The Morgan fingerprint density at radius 2 is 1.92 bits per heavy atom. The van der Waals surface area contributed by atoms with E-state index in [1.165, 1.54) is 0 Å². The molecule has 6 nitrogen and oxygen atoms in total. The van der Waals surface area contributed by atoms with E-state index >= 15 is 0 Å². The van der Waals surface area contributed by atoms with Crippen molar-refractivity contribution >= 4 is 33.4 Å². The third-order valence-corrected chi connectivity index (χ3v) is 4.74. The minimum absolute atomic E-state index is 0.0129. The number of nitrogens with one attached hydrogen (secondary N) is 1. The molecular weight excluding hydrogens is 314 g/mol. The average Bonchev–Trinajstić information content (AvgIpc) is 3.24. The van der Waals surface area contributed by atoms with E-state index in [0.29, 0.717) is 13.0 Å². The normalized spacial score (nSPS) is 16.2.